The first kappa shape index (κ1) is 19.3. The van der Waals surface area contributed by atoms with Crippen molar-refractivity contribution in [3.63, 3.8) is 0 Å². The summed E-state index contributed by atoms with van der Waals surface area (Å²) in [5.41, 5.74) is 4.34. The van der Waals surface area contributed by atoms with Crippen LogP contribution in [0.2, 0.25) is 0 Å². The van der Waals surface area contributed by atoms with Crippen molar-refractivity contribution in [3.8, 4) is 0 Å². The molecule has 5 rings (SSSR count). The first-order valence-electron chi connectivity index (χ1n) is 10.6. The lowest BCUT2D eigenvalue weighted by Gasteiger charge is -2.24. The van der Waals surface area contributed by atoms with E-state index in [1.807, 2.05) is 21.5 Å². The molecular formula is C22H25N7O2. The molecule has 9 heteroatoms. The lowest BCUT2D eigenvalue weighted by Crippen LogP contribution is -2.28. The smallest absolute Gasteiger partial charge is 0.240 e. The number of aryl methyl sites for hydroxylation is 3. The van der Waals surface area contributed by atoms with E-state index in [-0.39, 0.29) is 12.5 Å². The van der Waals surface area contributed by atoms with E-state index in [1.54, 1.807) is 12.4 Å². The minimum Gasteiger partial charge on any atom is -0.447 e. The van der Waals surface area contributed by atoms with Crippen molar-refractivity contribution < 1.29 is 9.21 Å². The Kier molecular flexibility index (Phi) is 5.15. The molecule has 1 atom stereocenters. The number of carbonyl (C=O) groups is 1. The maximum absolute atomic E-state index is 12.7. The van der Waals surface area contributed by atoms with Crippen molar-refractivity contribution in [2.45, 2.75) is 51.9 Å². The van der Waals surface area contributed by atoms with Gasteiger partial charge in [-0.05, 0) is 38.0 Å². The van der Waals surface area contributed by atoms with E-state index in [1.165, 1.54) is 12.0 Å². The minimum absolute atomic E-state index is 0.0968. The fraction of sp³-hybridized carbons (Fsp3) is 0.364. The molecule has 0 aliphatic carbocycles. The van der Waals surface area contributed by atoms with Crippen LogP contribution in [0.4, 0.5) is 5.69 Å². The van der Waals surface area contributed by atoms with Crippen molar-refractivity contribution in [1.82, 2.24) is 29.6 Å². The second-order valence-electron chi connectivity index (χ2n) is 7.92. The van der Waals surface area contributed by atoms with Crippen LogP contribution < -0.4 is 10.6 Å². The summed E-state index contributed by atoms with van der Waals surface area (Å²) in [4.78, 5) is 21.6. The normalized spacial score (nSPS) is 15.6. The van der Waals surface area contributed by atoms with Crippen LogP contribution >= 0.6 is 0 Å². The van der Waals surface area contributed by atoms with Gasteiger partial charge in [0.2, 0.25) is 5.91 Å². The largest absolute Gasteiger partial charge is 0.447 e. The molecule has 1 amide bonds. The van der Waals surface area contributed by atoms with Crippen LogP contribution in [0.15, 0.2) is 47.6 Å². The summed E-state index contributed by atoms with van der Waals surface area (Å²) >= 11 is 0. The summed E-state index contributed by atoms with van der Waals surface area (Å²) in [5.74, 6) is 1.41. The van der Waals surface area contributed by atoms with Gasteiger partial charge in [0, 0.05) is 42.7 Å². The maximum Gasteiger partial charge on any atom is 0.240 e. The molecule has 9 nitrogen and oxygen atoms in total. The number of hydrogen-bond donors (Lipinski definition) is 2. The third-order valence-corrected chi connectivity index (χ3v) is 5.70. The molecule has 0 radical (unpaired) electrons. The molecule has 4 heterocycles. The Bertz CT molecular complexity index is 1180. The lowest BCUT2D eigenvalue weighted by molar-refractivity contribution is -0.121. The van der Waals surface area contributed by atoms with Gasteiger partial charge in [-0.1, -0.05) is 0 Å². The van der Waals surface area contributed by atoms with Crippen LogP contribution in [0.3, 0.4) is 0 Å². The van der Waals surface area contributed by atoms with Crippen LogP contribution in [-0.2, 0) is 37.3 Å². The highest BCUT2D eigenvalue weighted by molar-refractivity contribution is 5.87. The highest BCUT2D eigenvalue weighted by Gasteiger charge is 2.22. The topological polar surface area (TPSA) is 103 Å². The zero-order valence-corrected chi connectivity index (χ0v) is 17.4. The van der Waals surface area contributed by atoms with Crippen molar-refractivity contribution in [2.75, 3.05) is 5.32 Å². The second-order valence-corrected chi connectivity index (χ2v) is 7.92. The zero-order valence-electron chi connectivity index (χ0n) is 17.4. The summed E-state index contributed by atoms with van der Waals surface area (Å²) in [6.07, 6.45) is 9.39. The van der Waals surface area contributed by atoms with E-state index in [9.17, 15) is 4.79 Å². The van der Waals surface area contributed by atoms with Gasteiger partial charge in [-0.15, -0.1) is 0 Å². The SMILES string of the molecule is C[C@H]1CCc2c(ccc3c2nc(CCn2cccn2)n3CC(=O)NCc2cnco2)N1. The molecule has 1 aliphatic rings. The van der Waals surface area contributed by atoms with E-state index in [2.05, 4.69) is 39.8 Å². The van der Waals surface area contributed by atoms with Crippen LogP contribution in [0.1, 0.15) is 30.5 Å². The Labute approximate surface area is 179 Å². The molecule has 4 aromatic rings. The number of benzene rings is 1. The summed E-state index contributed by atoms with van der Waals surface area (Å²) in [7, 11) is 0. The van der Waals surface area contributed by atoms with Gasteiger partial charge in [0.15, 0.2) is 6.39 Å². The molecule has 0 fully saturated rings. The Morgan fingerprint density at radius 2 is 2.32 bits per heavy atom. The molecule has 0 saturated heterocycles. The minimum atomic E-state index is -0.0968. The van der Waals surface area contributed by atoms with Gasteiger partial charge in [-0.3, -0.25) is 9.48 Å². The number of carbonyl (C=O) groups excluding carboxylic acids is 1. The average Bonchev–Trinajstić information content (AvgIpc) is 3.52. The highest BCUT2D eigenvalue weighted by Crippen LogP contribution is 2.32. The van der Waals surface area contributed by atoms with Gasteiger partial charge in [0.25, 0.3) is 0 Å². The second kappa shape index (κ2) is 8.25. The third kappa shape index (κ3) is 4.03. The van der Waals surface area contributed by atoms with E-state index in [0.29, 0.717) is 31.3 Å². The number of nitrogens with one attached hydrogen (secondary N) is 2. The number of fused-ring (bicyclic) bond motifs is 3. The summed E-state index contributed by atoms with van der Waals surface area (Å²) in [6, 6.07) is 6.53. The maximum atomic E-state index is 12.7. The van der Waals surface area contributed by atoms with Crippen LogP contribution in [0, 0.1) is 0 Å². The molecule has 160 valence electrons. The average molecular weight is 419 g/mol. The molecule has 0 saturated carbocycles. The van der Waals surface area contributed by atoms with Crippen molar-refractivity contribution in [1.29, 1.82) is 0 Å². The number of nitrogens with zero attached hydrogens (tertiary/aromatic N) is 5. The van der Waals surface area contributed by atoms with Crippen molar-refractivity contribution in [3.05, 3.63) is 60.3 Å². The lowest BCUT2D eigenvalue weighted by atomic mass is 9.98. The van der Waals surface area contributed by atoms with Gasteiger partial charge in [0.05, 0.1) is 23.8 Å². The quantitative estimate of drug-likeness (QED) is 0.477. The predicted molar refractivity (Wildman–Crippen MR) is 115 cm³/mol. The Balaban J connectivity index is 1.44. The van der Waals surface area contributed by atoms with E-state index >= 15 is 0 Å². The molecule has 3 aromatic heterocycles. The van der Waals surface area contributed by atoms with Crippen molar-refractivity contribution >= 4 is 22.6 Å². The number of amides is 1. The van der Waals surface area contributed by atoms with E-state index in [0.717, 1.165) is 35.4 Å². The van der Waals surface area contributed by atoms with Gasteiger partial charge < -0.3 is 19.6 Å². The Hall–Kier alpha value is -3.62. The summed E-state index contributed by atoms with van der Waals surface area (Å²) < 4.78 is 9.10. The van der Waals surface area contributed by atoms with Crippen molar-refractivity contribution in [2.24, 2.45) is 0 Å². The number of anilines is 1. The Morgan fingerprint density at radius 3 is 3.13 bits per heavy atom. The van der Waals surface area contributed by atoms with Crippen LogP contribution in [-0.4, -0.2) is 36.3 Å². The summed E-state index contributed by atoms with van der Waals surface area (Å²) in [6.45, 7) is 3.40. The molecule has 0 unspecified atom stereocenters. The molecule has 1 aliphatic heterocycles. The number of imidazole rings is 1. The van der Waals surface area contributed by atoms with E-state index in [4.69, 9.17) is 9.40 Å². The third-order valence-electron chi connectivity index (χ3n) is 5.70. The standard InChI is InChI=1S/C22H25N7O2/c1-15-3-4-17-18(26-15)5-6-19-22(17)27-20(7-10-28-9-2-8-25-28)29(19)13-21(30)24-12-16-11-23-14-31-16/h2,5-6,8-9,11,14-15,26H,3-4,7,10,12-13H2,1H3,(H,24,30)/t15-/m0/s1. The fourth-order valence-corrected chi connectivity index (χ4v) is 4.11. The number of oxazole rings is 1. The molecule has 1 aromatic carbocycles. The molecule has 31 heavy (non-hydrogen) atoms. The molecule has 2 N–H and O–H groups in total. The van der Waals surface area contributed by atoms with Gasteiger partial charge >= 0.3 is 0 Å². The summed E-state index contributed by atoms with van der Waals surface area (Å²) in [5, 5.41) is 10.7. The first-order valence-corrected chi connectivity index (χ1v) is 10.6. The van der Waals surface area contributed by atoms with E-state index < -0.39 is 0 Å². The number of hydrogen-bond acceptors (Lipinski definition) is 6. The molecule has 0 spiro atoms. The molecule has 0 bridgehead atoms. The first-order chi connectivity index (χ1) is 15.2. The fourth-order valence-electron chi connectivity index (χ4n) is 4.11. The zero-order chi connectivity index (χ0) is 21.2. The van der Waals surface area contributed by atoms with Crippen LogP contribution in [0.5, 0.6) is 0 Å². The number of aromatic nitrogens is 5. The predicted octanol–water partition coefficient (Wildman–Crippen LogP) is 2.53. The van der Waals surface area contributed by atoms with Gasteiger partial charge in [-0.2, -0.15) is 5.10 Å². The monoisotopic (exact) mass is 419 g/mol. The Morgan fingerprint density at radius 1 is 1.39 bits per heavy atom. The van der Waals surface area contributed by atoms with Gasteiger partial charge in [0.1, 0.15) is 18.1 Å². The van der Waals surface area contributed by atoms with Crippen LogP contribution in [0.25, 0.3) is 11.0 Å². The molecular weight excluding hydrogens is 394 g/mol. The number of rotatable bonds is 7. The van der Waals surface area contributed by atoms with Gasteiger partial charge in [-0.25, -0.2) is 9.97 Å². The highest BCUT2D eigenvalue weighted by atomic mass is 16.3.